The molecule has 1 aromatic heterocycles. The lowest BCUT2D eigenvalue weighted by atomic mass is 9.99. The van der Waals surface area contributed by atoms with Crippen LogP contribution in [0.3, 0.4) is 0 Å². The number of rotatable bonds is 1. The van der Waals surface area contributed by atoms with Gasteiger partial charge in [0.05, 0.1) is 12.6 Å². The Morgan fingerprint density at radius 3 is 3.00 bits per heavy atom. The third-order valence-corrected chi connectivity index (χ3v) is 4.86. The second kappa shape index (κ2) is 4.70. The summed E-state index contributed by atoms with van der Waals surface area (Å²) in [5, 5.41) is 4.23. The summed E-state index contributed by atoms with van der Waals surface area (Å²) < 4.78 is 5.58. The topological polar surface area (TPSA) is 54.1 Å². The smallest absolute Gasteiger partial charge is 0.194 e. The second-order valence-corrected chi connectivity index (χ2v) is 6.17. The number of aromatic amines is 1. The molecule has 0 bridgehead atoms. The summed E-state index contributed by atoms with van der Waals surface area (Å²) in [6.07, 6.45) is 0.955. The van der Waals surface area contributed by atoms with Crippen LogP contribution in [0.5, 0.6) is 5.75 Å². The summed E-state index contributed by atoms with van der Waals surface area (Å²) in [4.78, 5) is 16.2. The Morgan fingerprint density at radius 1 is 1.13 bits per heavy atom. The fourth-order valence-electron chi connectivity index (χ4n) is 3.69. The number of hydrogen-bond donors (Lipinski definition) is 2. The van der Waals surface area contributed by atoms with Gasteiger partial charge < -0.3 is 15.0 Å². The standard InChI is InChI=1S/C19H16N2O2/c22-19-13-3-1-2-4-15(13)21-18-14(19)10-20-17(18)12-5-6-16-11(9-12)7-8-23-16/h1-6,9,17,20H,7-8,10H2,(H,21,22). The van der Waals surface area contributed by atoms with Gasteiger partial charge in [0.2, 0.25) is 0 Å². The summed E-state index contributed by atoms with van der Waals surface area (Å²) in [5.74, 6) is 0.985. The van der Waals surface area contributed by atoms with Gasteiger partial charge in [-0.2, -0.15) is 0 Å². The molecule has 4 nitrogen and oxygen atoms in total. The van der Waals surface area contributed by atoms with E-state index in [0.717, 1.165) is 40.9 Å². The zero-order valence-corrected chi connectivity index (χ0v) is 12.6. The Balaban J connectivity index is 1.68. The third-order valence-electron chi connectivity index (χ3n) is 4.86. The molecule has 2 aliphatic rings. The summed E-state index contributed by atoms with van der Waals surface area (Å²) in [6.45, 7) is 1.36. The van der Waals surface area contributed by atoms with Crippen molar-refractivity contribution in [3.05, 3.63) is 75.1 Å². The molecule has 2 aromatic carbocycles. The van der Waals surface area contributed by atoms with Crippen LogP contribution in [0.25, 0.3) is 10.9 Å². The fraction of sp³-hybridized carbons (Fsp3) is 0.211. The van der Waals surface area contributed by atoms with Crippen molar-refractivity contribution < 1.29 is 4.74 Å². The largest absolute Gasteiger partial charge is 0.493 e. The van der Waals surface area contributed by atoms with Gasteiger partial charge in [-0.3, -0.25) is 4.79 Å². The van der Waals surface area contributed by atoms with E-state index in [9.17, 15) is 4.79 Å². The first-order valence-corrected chi connectivity index (χ1v) is 7.94. The van der Waals surface area contributed by atoms with Crippen molar-refractivity contribution in [1.82, 2.24) is 10.3 Å². The van der Waals surface area contributed by atoms with Gasteiger partial charge in [-0.1, -0.05) is 24.3 Å². The predicted molar refractivity (Wildman–Crippen MR) is 88.9 cm³/mol. The molecule has 2 aliphatic heterocycles. The van der Waals surface area contributed by atoms with Crippen LogP contribution in [-0.2, 0) is 13.0 Å². The highest BCUT2D eigenvalue weighted by Gasteiger charge is 2.28. The van der Waals surface area contributed by atoms with Gasteiger partial charge in [0.25, 0.3) is 0 Å². The third kappa shape index (κ3) is 1.85. The molecule has 0 radical (unpaired) electrons. The lowest BCUT2D eigenvalue weighted by molar-refractivity contribution is 0.357. The van der Waals surface area contributed by atoms with Crippen molar-refractivity contribution >= 4 is 10.9 Å². The minimum atomic E-state index is 0.0354. The molecular formula is C19H16N2O2. The molecule has 5 rings (SSSR count). The Kier molecular flexibility index (Phi) is 2.64. The molecule has 23 heavy (non-hydrogen) atoms. The van der Waals surface area contributed by atoms with Crippen LogP contribution in [0.1, 0.15) is 28.4 Å². The lowest BCUT2D eigenvalue weighted by Crippen LogP contribution is -2.14. The average molecular weight is 304 g/mol. The molecule has 0 amide bonds. The summed E-state index contributed by atoms with van der Waals surface area (Å²) in [7, 11) is 0. The van der Waals surface area contributed by atoms with Crippen LogP contribution in [0.15, 0.2) is 47.3 Å². The quantitative estimate of drug-likeness (QED) is 0.727. The van der Waals surface area contributed by atoms with E-state index in [2.05, 4.69) is 22.4 Å². The molecule has 0 fully saturated rings. The fourth-order valence-corrected chi connectivity index (χ4v) is 3.69. The zero-order valence-electron chi connectivity index (χ0n) is 12.6. The van der Waals surface area contributed by atoms with Crippen molar-refractivity contribution in [2.24, 2.45) is 0 Å². The highest BCUT2D eigenvalue weighted by Crippen LogP contribution is 2.33. The number of pyridine rings is 1. The minimum absolute atomic E-state index is 0.0354. The molecule has 0 saturated heterocycles. The minimum Gasteiger partial charge on any atom is -0.493 e. The molecule has 114 valence electrons. The van der Waals surface area contributed by atoms with E-state index in [1.165, 1.54) is 11.1 Å². The first-order chi connectivity index (χ1) is 11.3. The van der Waals surface area contributed by atoms with E-state index in [-0.39, 0.29) is 11.5 Å². The number of H-pyrrole nitrogens is 1. The summed E-state index contributed by atoms with van der Waals surface area (Å²) in [6, 6.07) is 14.1. The normalized spacial score (nSPS) is 18.7. The van der Waals surface area contributed by atoms with Gasteiger partial charge in [-0.15, -0.1) is 0 Å². The van der Waals surface area contributed by atoms with E-state index in [1.807, 2.05) is 30.3 Å². The number of para-hydroxylation sites is 1. The maximum atomic E-state index is 12.7. The van der Waals surface area contributed by atoms with Crippen LogP contribution >= 0.6 is 0 Å². The summed E-state index contributed by atoms with van der Waals surface area (Å²) >= 11 is 0. The summed E-state index contributed by atoms with van der Waals surface area (Å²) in [5.41, 5.74) is 5.31. The lowest BCUT2D eigenvalue weighted by Gasteiger charge is -2.14. The van der Waals surface area contributed by atoms with Crippen molar-refractivity contribution in [3.8, 4) is 5.75 Å². The van der Waals surface area contributed by atoms with Gasteiger partial charge in [0.15, 0.2) is 5.43 Å². The Morgan fingerprint density at radius 2 is 2.04 bits per heavy atom. The van der Waals surface area contributed by atoms with Crippen LogP contribution in [0, 0.1) is 0 Å². The maximum absolute atomic E-state index is 12.7. The van der Waals surface area contributed by atoms with Crippen molar-refractivity contribution in [2.75, 3.05) is 6.61 Å². The number of ether oxygens (including phenoxy) is 1. The molecule has 0 spiro atoms. The van der Waals surface area contributed by atoms with Gasteiger partial charge >= 0.3 is 0 Å². The first-order valence-electron chi connectivity index (χ1n) is 7.94. The zero-order chi connectivity index (χ0) is 15.4. The van der Waals surface area contributed by atoms with Crippen LogP contribution in [0.2, 0.25) is 0 Å². The molecule has 1 atom stereocenters. The molecule has 0 aliphatic carbocycles. The maximum Gasteiger partial charge on any atom is 0.194 e. The molecule has 3 aromatic rings. The van der Waals surface area contributed by atoms with Gasteiger partial charge in [-0.05, 0) is 29.3 Å². The molecule has 0 saturated carbocycles. The molecule has 2 N–H and O–H groups in total. The number of benzene rings is 2. The van der Waals surface area contributed by atoms with E-state index < -0.39 is 0 Å². The second-order valence-electron chi connectivity index (χ2n) is 6.17. The van der Waals surface area contributed by atoms with Crippen molar-refractivity contribution in [2.45, 2.75) is 19.0 Å². The van der Waals surface area contributed by atoms with E-state index in [1.54, 1.807) is 0 Å². The Labute approximate surface area is 133 Å². The number of hydrogen-bond acceptors (Lipinski definition) is 3. The average Bonchev–Trinajstić information content (AvgIpc) is 3.21. The monoisotopic (exact) mass is 304 g/mol. The highest BCUT2D eigenvalue weighted by atomic mass is 16.5. The molecule has 4 heteroatoms. The van der Waals surface area contributed by atoms with Gasteiger partial charge in [0.1, 0.15) is 5.75 Å². The Hall–Kier alpha value is -2.59. The van der Waals surface area contributed by atoms with Gasteiger partial charge in [-0.25, -0.2) is 0 Å². The SMILES string of the molecule is O=c1c2c([nH]c3ccccc13)C(c1ccc3c(c1)CCO3)NC2. The molecule has 3 heterocycles. The Bertz CT molecular complexity index is 990. The number of fused-ring (bicyclic) bond motifs is 3. The van der Waals surface area contributed by atoms with Crippen LogP contribution < -0.4 is 15.5 Å². The predicted octanol–water partition coefficient (Wildman–Crippen LogP) is 2.66. The van der Waals surface area contributed by atoms with Crippen LogP contribution in [0.4, 0.5) is 0 Å². The number of aromatic nitrogens is 1. The van der Waals surface area contributed by atoms with E-state index in [0.29, 0.717) is 6.54 Å². The number of nitrogens with one attached hydrogen (secondary N) is 2. The highest BCUT2D eigenvalue weighted by molar-refractivity contribution is 5.79. The first kappa shape index (κ1) is 12.9. The molecule has 1 unspecified atom stereocenters. The van der Waals surface area contributed by atoms with Crippen LogP contribution in [-0.4, -0.2) is 11.6 Å². The van der Waals surface area contributed by atoms with Crippen molar-refractivity contribution in [1.29, 1.82) is 0 Å². The van der Waals surface area contributed by atoms with Crippen molar-refractivity contribution in [3.63, 3.8) is 0 Å². The van der Waals surface area contributed by atoms with E-state index in [4.69, 9.17) is 4.74 Å². The molecular weight excluding hydrogens is 288 g/mol. The van der Waals surface area contributed by atoms with E-state index >= 15 is 0 Å². The van der Waals surface area contributed by atoms with Gasteiger partial charge in [0, 0.05) is 35.1 Å².